The van der Waals surface area contributed by atoms with Gasteiger partial charge < -0.3 is 0 Å². The molecule has 1 aliphatic carbocycles. The zero-order chi connectivity index (χ0) is 14.8. The van der Waals surface area contributed by atoms with E-state index in [0.717, 1.165) is 44.2 Å². The highest BCUT2D eigenvalue weighted by Gasteiger charge is 2.40. The van der Waals surface area contributed by atoms with Crippen LogP contribution in [-0.2, 0) is 4.79 Å². The van der Waals surface area contributed by atoms with E-state index in [1.165, 1.54) is 6.07 Å². The van der Waals surface area contributed by atoms with E-state index in [2.05, 4.69) is 0 Å². The fourth-order valence-corrected chi connectivity index (χ4v) is 2.93. The number of nitrogens with zero attached hydrogens (tertiary/aromatic N) is 1. The highest BCUT2D eigenvalue weighted by molar-refractivity contribution is 5.93. The van der Waals surface area contributed by atoms with Gasteiger partial charge in [0, 0.05) is 17.0 Å². The van der Waals surface area contributed by atoms with E-state index in [1.807, 2.05) is 13.0 Å². The van der Waals surface area contributed by atoms with Crippen molar-refractivity contribution < 1.29 is 13.6 Å². The summed E-state index contributed by atoms with van der Waals surface area (Å²) in [6.07, 6.45) is 4.45. The van der Waals surface area contributed by atoms with Gasteiger partial charge in [0.2, 0.25) is 0 Å². The molecule has 1 aliphatic rings. The SMILES string of the molecule is CC1(C(=O)C(C#N)c2ccc(F)cc2F)CCCCC1. The summed E-state index contributed by atoms with van der Waals surface area (Å²) in [5.41, 5.74) is -0.592. The lowest BCUT2D eigenvalue weighted by molar-refractivity contribution is -0.130. The molecule has 0 spiro atoms. The summed E-state index contributed by atoms with van der Waals surface area (Å²) >= 11 is 0. The van der Waals surface area contributed by atoms with Crippen LogP contribution in [0.2, 0.25) is 0 Å². The largest absolute Gasteiger partial charge is 0.297 e. The Hall–Kier alpha value is -1.76. The summed E-state index contributed by atoms with van der Waals surface area (Å²) in [6, 6.07) is 4.89. The topological polar surface area (TPSA) is 40.9 Å². The molecule has 1 aromatic rings. The summed E-state index contributed by atoms with van der Waals surface area (Å²) in [6.45, 7) is 1.85. The van der Waals surface area contributed by atoms with E-state index >= 15 is 0 Å². The number of hydrogen-bond donors (Lipinski definition) is 0. The van der Waals surface area contributed by atoms with Crippen molar-refractivity contribution in [1.29, 1.82) is 5.26 Å². The average molecular weight is 277 g/mol. The van der Waals surface area contributed by atoms with E-state index in [1.54, 1.807) is 0 Å². The molecule has 0 aliphatic heterocycles. The van der Waals surface area contributed by atoms with E-state index in [4.69, 9.17) is 0 Å². The van der Waals surface area contributed by atoms with Gasteiger partial charge in [-0.25, -0.2) is 8.78 Å². The van der Waals surface area contributed by atoms with Crippen molar-refractivity contribution in [2.24, 2.45) is 5.41 Å². The lowest BCUT2D eigenvalue weighted by Gasteiger charge is -2.33. The van der Waals surface area contributed by atoms with Crippen LogP contribution in [0, 0.1) is 28.4 Å². The van der Waals surface area contributed by atoms with Crippen LogP contribution in [0.4, 0.5) is 8.78 Å². The van der Waals surface area contributed by atoms with Crippen molar-refractivity contribution in [2.45, 2.75) is 44.9 Å². The van der Waals surface area contributed by atoms with Gasteiger partial charge in [-0.2, -0.15) is 5.26 Å². The smallest absolute Gasteiger partial charge is 0.160 e. The minimum absolute atomic E-state index is 0.0225. The van der Waals surface area contributed by atoms with E-state index in [0.29, 0.717) is 0 Å². The maximum Gasteiger partial charge on any atom is 0.160 e. The monoisotopic (exact) mass is 277 g/mol. The van der Waals surface area contributed by atoms with Crippen molar-refractivity contribution in [1.82, 2.24) is 0 Å². The molecule has 0 aromatic heterocycles. The van der Waals surface area contributed by atoms with Gasteiger partial charge in [-0.1, -0.05) is 32.3 Å². The van der Waals surface area contributed by atoms with Crippen LogP contribution < -0.4 is 0 Å². The summed E-state index contributed by atoms with van der Waals surface area (Å²) in [7, 11) is 0. The van der Waals surface area contributed by atoms with Gasteiger partial charge in [-0.15, -0.1) is 0 Å². The van der Waals surface area contributed by atoms with E-state index < -0.39 is 23.0 Å². The second-order valence-electron chi connectivity index (χ2n) is 5.71. The molecule has 0 heterocycles. The lowest BCUT2D eigenvalue weighted by atomic mass is 9.68. The summed E-state index contributed by atoms with van der Waals surface area (Å²) in [4.78, 5) is 12.6. The quantitative estimate of drug-likeness (QED) is 0.834. The van der Waals surface area contributed by atoms with Crippen molar-refractivity contribution >= 4 is 5.78 Å². The molecule has 20 heavy (non-hydrogen) atoms. The molecule has 2 rings (SSSR count). The third-order valence-corrected chi connectivity index (χ3v) is 4.22. The predicted molar refractivity (Wildman–Crippen MR) is 70.9 cm³/mol. The Morgan fingerprint density at radius 3 is 2.50 bits per heavy atom. The molecular formula is C16H17F2NO. The van der Waals surface area contributed by atoms with Crippen molar-refractivity contribution in [3.05, 3.63) is 35.4 Å². The molecule has 0 amide bonds. The lowest BCUT2D eigenvalue weighted by Crippen LogP contribution is -2.34. The Bertz CT molecular complexity index is 556. The molecule has 0 saturated heterocycles. The van der Waals surface area contributed by atoms with Crippen LogP contribution in [0.15, 0.2) is 18.2 Å². The number of ketones is 1. The number of benzene rings is 1. The number of rotatable bonds is 3. The molecule has 2 nitrogen and oxygen atoms in total. The second kappa shape index (κ2) is 5.70. The summed E-state index contributed by atoms with van der Waals surface area (Å²) < 4.78 is 26.7. The number of hydrogen-bond acceptors (Lipinski definition) is 2. The predicted octanol–water partition coefficient (Wildman–Crippen LogP) is 4.11. The standard InChI is InChI=1S/C16H17F2NO/c1-16(7-3-2-4-8-16)15(20)13(10-19)12-6-5-11(17)9-14(12)18/h5-6,9,13H,2-4,7-8H2,1H3. The first-order chi connectivity index (χ1) is 9.48. The Labute approximate surface area is 117 Å². The fourth-order valence-electron chi connectivity index (χ4n) is 2.93. The molecule has 1 fully saturated rings. The maximum absolute atomic E-state index is 13.8. The minimum atomic E-state index is -1.15. The molecule has 1 aromatic carbocycles. The molecule has 1 unspecified atom stereocenters. The number of Topliss-reactive ketones (excluding diaryl/α,β-unsaturated/α-hetero) is 1. The molecule has 106 valence electrons. The molecule has 0 N–H and O–H groups in total. The summed E-state index contributed by atoms with van der Waals surface area (Å²) in [5.74, 6) is -2.94. The van der Waals surface area contributed by atoms with Crippen molar-refractivity contribution in [3.8, 4) is 6.07 Å². The van der Waals surface area contributed by atoms with E-state index in [9.17, 15) is 18.8 Å². The highest BCUT2D eigenvalue weighted by atomic mass is 19.1. The number of carbonyl (C=O) groups is 1. The van der Waals surface area contributed by atoms with Gasteiger partial charge in [-0.3, -0.25) is 4.79 Å². The zero-order valence-electron chi connectivity index (χ0n) is 11.5. The van der Waals surface area contributed by atoms with Gasteiger partial charge >= 0.3 is 0 Å². The van der Waals surface area contributed by atoms with Crippen LogP contribution in [0.3, 0.4) is 0 Å². The Morgan fingerprint density at radius 1 is 1.30 bits per heavy atom. The zero-order valence-corrected chi connectivity index (χ0v) is 11.5. The first-order valence-corrected chi connectivity index (χ1v) is 6.87. The molecule has 1 atom stereocenters. The van der Waals surface area contributed by atoms with Crippen LogP contribution in [0.25, 0.3) is 0 Å². The van der Waals surface area contributed by atoms with Crippen LogP contribution in [0.5, 0.6) is 0 Å². The van der Waals surface area contributed by atoms with Gasteiger partial charge in [0.1, 0.15) is 17.6 Å². The Morgan fingerprint density at radius 2 is 1.95 bits per heavy atom. The molecular weight excluding hydrogens is 260 g/mol. The number of nitriles is 1. The van der Waals surface area contributed by atoms with E-state index in [-0.39, 0.29) is 11.3 Å². The van der Waals surface area contributed by atoms with Crippen molar-refractivity contribution in [3.63, 3.8) is 0 Å². The van der Waals surface area contributed by atoms with Crippen LogP contribution in [-0.4, -0.2) is 5.78 Å². The van der Waals surface area contributed by atoms with Crippen LogP contribution >= 0.6 is 0 Å². The van der Waals surface area contributed by atoms with Gasteiger partial charge in [0.15, 0.2) is 5.78 Å². The maximum atomic E-state index is 13.8. The molecule has 0 bridgehead atoms. The van der Waals surface area contributed by atoms with Gasteiger partial charge in [0.05, 0.1) is 6.07 Å². The van der Waals surface area contributed by atoms with Gasteiger partial charge in [0.25, 0.3) is 0 Å². The summed E-state index contributed by atoms with van der Waals surface area (Å²) in [5, 5.41) is 9.26. The average Bonchev–Trinajstić information content (AvgIpc) is 2.42. The van der Waals surface area contributed by atoms with Gasteiger partial charge in [-0.05, 0) is 18.9 Å². The minimum Gasteiger partial charge on any atom is -0.297 e. The highest BCUT2D eigenvalue weighted by Crippen LogP contribution is 2.40. The fraction of sp³-hybridized carbons (Fsp3) is 0.500. The Kier molecular flexibility index (Phi) is 4.17. The first-order valence-electron chi connectivity index (χ1n) is 6.87. The van der Waals surface area contributed by atoms with Crippen LogP contribution in [0.1, 0.15) is 50.5 Å². The number of carbonyl (C=O) groups excluding carboxylic acids is 1. The molecule has 4 heteroatoms. The normalized spacial score (nSPS) is 19.1. The third kappa shape index (κ3) is 2.72. The first kappa shape index (κ1) is 14.6. The van der Waals surface area contributed by atoms with Crippen molar-refractivity contribution in [2.75, 3.05) is 0 Å². The number of halogens is 2. The third-order valence-electron chi connectivity index (χ3n) is 4.22. The Balaban J connectivity index is 2.32. The molecule has 0 radical (unpaired) electrons. The molecule has 1 saturated carbocycles. The second-order valence-corrected chi connectivity index (χ2v) is 5.71.